The predicted octanol–water partition coefficient (Wildman–Crippen LogP) is 3.29. The zero-order chi connectivity index (χ0) is 19.3. The lowest BCUT2D eigenvalue weighted by molar-refractivity contribution is -0.237. The SMILES string of the molecule is C[C@]12CCC3C(C1[C@@H]1C[C@@H]1[C@@]21CCC(=O)O1)[C@H]1C[C@H]1[C@]1(O)C[C@@H](O)CC[C@]31C. The number of fused-ring (bicyclic) bond motifs is 12. The molecule has 28 heavy (non-hydrogen) atoms. The molecule has 4 heteroatoms. The molecule has 12 atom stereocenters. The van der Waals surface area contributed by atoms with E-state index < -0.39 is 5.60 Å². The highest BCUT2D eigenvalue weighted by atomic mass is 16.6. The van der Waals surface area contributed by atoms with Crippen LogP contribution in [0.5, 0.6) is 0 Å². The normalized spacial score (nSPS) is 68.4. The Labute approximate surface area is 167 Å². The highest BCUT2D eigenvalue weighted by molar-refractivity contribution is 5.73. The summed E-state index contributed by atoms with van der Waals surface area (Å²) >= 11 is 0. The molecule has 7 aliphatic rings. The Hall–Kier alpha value is -0.610. The third kappa shape index (κ3) is 1.59. The van der Waals surface area contributed by atoms with E-state index >= 15 is 0 Å². The number of ether oxygens (including phenoxy) is 1. The summed E-state index contributed by atoms with van der Waals surface area (Å²) in [6.07, 6.45) is 8.33. The van der Waals surface area contributed by atoms with E-state index in [2.05, 4.69) is 13.8 Å². The van der Waals surface area contributed by atoms with Gasteiger partial charge in [-0.2, -0.15) is 0 Å². The second kappa shape index (κ2) is 4.66. The van der Waals surface area contributed by atoms with Crippen molar-refractivity contribution in [2.24, 2.45) is 52.3 Å². The van der Waals surface area contributed by atoms with Crippen molar-refractivity contribution in [3.8, 4) is 0 Å². The molecule has 154 valence electrons. The molecule has 1 aliphatic heterocycles. The van der Waals surface area contributed by atoms with Crippen molar-refractivity contribution in [2.75, 3.05) is 0 Å². The fourth-order valence-electron chi connectivity index (χ4n) is 10.5. The van der Waals surface area contributed by atoms with Crippen molar-refractivity contribution in [1.82, 2.24) is 0 Å². The molecule has 0 aromatic carbocycles. The van der Waals surface area contributed by atoms with E-state index in [1.807, 2.05) is 0 Å². The summed E-state index contributed by atoms with van der Waals surface area (Å²) in [6.45, 7) is 4.82. The van der Waals surface area contributed by atoms with E-state index in [0.717, 1.165) is 44.4 Å². The number of hydrogen-bond acceptors (Lipinski definition) is 4. The van der Waals surface area contributed by atoms with Crippen molar-refractivity contribution in [2.45, 2.75) is 88.9 Å². The highest BCUT2D eigenvalue weighted by Gasteiger charge is 2.82. The summed E-state index contributed by atoms with van der Waals surface area (Å²) < 4.78 is 6.21. The van der Waals surface area contributed by atoms with Gasteiger partial charge in [-0.1, -0.05) is 13.8 Å². The van der Waals surface area contributed by atoms with Crippen molar-refractivity contribution >= 4 is 5.97 Å². The summed E-state index contributed by atoms with van der Waals surface area (Å²) in [5.74, 6) is 4.33. The fraction of sp³-hybridized carbons (Fsp3) is 0.958. The second-order valence-electron chi connectivity index (χ2n) is 12.3. The van der Waals surface area contributed by atoms with Gasteiger partial charge in [-0.25, -0.2) is 0 Å². The van der Waals surface area contributed by atoms with Gasteiger partial charge in [0, 0.05) is 24.2 Å². The van der Waals surface area contributed by atoms with Gasteiger partial charge in [0.2, 0.25) is 0 Å². The quantitative estimate of drug-likeness (QED) is 0.627. The molecule has 2 N–H and O–H groups in total. The first-order valence-corrected chi connectivity index (χ1v) is 11.9. The van der Waals surface area contributed by atoms with Gasteiger partial charge in [-0.3, -0.25) is 4.79 Å². The van der Waals surface area contributed by atoms with Crippen LogP contribution in [-0.4, -0.2) is 33.5 Å². The Morgan fingerprint density at radius 3 is 2.46 bits per heavy atom. The van der Waals surface area contributed by atoms with Gasteiger partial charge in [-0.05, 0) is 85.9 Å². The highest BCUT2D eigenvalue weighted by Crippen LogP contribution is 2.83. The molecule has 0 bridgehead atoms. The summed E-state index contributed by atoms with van der Waals surface area (Å²) in [5.41, 5.74) is -0.751. The van der Waals surface area contributed by atoms with Crippen molar-refractivity contribution in [1.29, 1.82) is 0 Å². The molecule has 7 rings (SSSR count). The third-order valence-electron chi connectivity index (χ3n) is 11.8. The van der Waals surface area contributed by atoms with Gasteiger partial charge in [-0.15, -0.1) is 0 Å². The minimum absolute atomic E-state index is 0.0326. The Balaban J connectivity index is 1.32. The molecule has 6 aliphatic carbocycles. The van der Waals surface area contributed by atoms with Gasteiger partial charge >= 0.3 is 5.97 Å². The number of carbonyl (C=O) groups is 1. The number of rotatable bonds is 0. The first-order valence-electron chi connectivity index (χ1n) is 11.9. The lowest BCUT2D eigenvalue weighted by Gasteiger charge is -2.64. The molecular weight excluding hydrogens is 352 g/mol. The fourth-order valence-corrected chi connectivity index (χ4v) is 10.5. The van der Waals surface area contributed by atoms with Crippen LogP contribution in [0.15, 0.2) is 0 Å². The van der Waals surface area contributed by atoms with Crippen LogP contribution in [0.25, 0.3) is 0 Å². The van der Waals surface area contributed by atoms with Gasteiger partial charge < -0.3 is 14.9 Å². The van der Waals surface area contributed by atoms with Gasteiger partial charge in [0.05, 0.1) is 11.7 Å². The molecule has 4 nitrogen and oxygen atoms in total. The van der Waals surface area contributed by atoms with Gasteiger partial charge in [0.15, 0.2) is 0 Å². The third-order valence-corrected chi connectivity index (χ3v) is 11.8. The number of aliphatic hydroxyl groups excluding tert-OH is 1. The minimum atomic E-state index is -0.663. The van der Waals surface area contributed by atoms with E-state index in [0.29, 0.717) is 48.3 Å². The van der Waals surface area contributed by atoms with Crippen LogP contribution in [0.2, 0.25) is 0 Å². The van der Waals surface area contributed by atoms with Crippen LogP contribution in [-0.2, 0) is 9.53 Å². The summed E-state index contributed by atoms with van der Waals surface area (Å²) in [7, 11) is 0. The number of aliphatic hydroxyl groups is 2. The van der Waals surface area contributed by atoms with Crippen molar-refractivity contribution in [3.05, 3.63) is 0 Å². The maximum Gasteiger partial charge on any atom is 0.306 e. The van der Waals surface area contributed by atoms with E-state index in [-0.39, 0.29) is 28.5 Å². The molecule has 6 saturated carbocycles. The van der Waals surface area contributed by atoms with Gasteiger partial charge in [0.1, 0.15) is 5.60 Å². The monoisotopic (exact) mass is 386 g/mol. The second-order valence-corrected chi connectivity index (χ2v) is 12.3. The summed E-state index contributed by atoms with van der Waals surface area (Å²) in [4.78, 5) is 12.2. The standard InChI is InChI=1S/C24H34O4/c1-21-6-3-12(25)11-23(21,27)16-9-13(16)19-15(21)4-7-22(2)20(19)14-10-17(14)24(22)8-5-18(26)28-24/h12-17,19-20,25,27H,3-11H2,1-2H3/t12-,13-,14+,15?,16+,17-,19?,20?,21+,22-,23+,24-/m0/s1. The topological polar surface area (TPSA) is 66.8 Å². The van der Waals surface area contributed by atoms with Crippen LogP contribution < -0.4 is 0 Å². The lowest BCUT2D eigenvalue weighted by atomic mass is 9.42. The van der Waals surface area contributed by atoms with Crippen LogP contribution in [0.3, 0.4) is 0 Å². The van der Waals surface area contributed by atoms with Crippen molar-refractivity contribution in [3.63, 3.8) is 0 Å². The molecule has 3 unspecified atom stereocenters. The average Bonchev–Trinajstić information content (AvgIpc) is 3.54. The number of esters is 1. The maximum absolute atomic E-state index is 12.2. The molecular formula is C24H34O4. The Morgan fingerprint density at radius 1 is 0.964 bits per heavy atom. The number of carbonyl (C=O) groups excluding carboxylic acids is 1. The first kappa shape index (κ1) is 17.1. The maximum atomic E-state index is 12.2. The summed E-state index contributed by atoms with van der Waals surface area (Å²) in [5, 5.41) is 22.2. The molecule has 1 saturated heterocycles. The molecule has 1 heterocycles. The molecule has 7 fully saturated rings. The largest absolute Gasteiger partial charge is 0.458 e. The Morgan fingerprint density at radius 2 is 1.71 bits per heavy atom. The molecule has 0 radical (unpaired) electrons. The average molecular weight is 387 g/mol. The van der Waals surface area contributed by atoms with Crippen LogP contribution >= 0.6 is 0 Å². The predicted molar refractivity (Wildman–Crippen MR) is 102 cm³/mol. The molecule has 1 spiro atoms. The van der Waals surface area contributed by atoms with E-state index in [1.165, 1.54) is 6.42 Å². The van der Waals surface area contributed by atoms with Crippen LogP contribution in [0.4, 0.5) is 0 Å². The Kier molecular flexibility index (Phi) is 2.85. The van der Waals surface area contributed by atoms with E-state index in [1.54, 1.807) is 0 Å². The zero-order valence-electron chi connectivity index (χ0n) is 17.2. The number of hydrogen-bond donors (Lipinski definition) is 2. The van der Waals surface area contributed by atoms with Gasteiger partial charge in [0.25, 0.3) is 0 Å². The zero-order valence-corrected chi connectivity index (χ0v) is 17.2. The minimum Gasteiger partial charge on any atom is -0.458 e. The van der Waals surface area contributed by atoms with Crippen LogP contribution in [0.1, 0.15) is 71.6 Å². The van der Waals surface area contributed by atoms with E-state index in [4.69, 9.17) is 4.74 Å². The van der Waals surface area contributed by atoms with Crippen molar-refractivity contribution < 1.29 is 19.7 Å². The summed E-state index contributed by atoms with van der Waals surface area (Å²) in [6, 6.07) is 0. The van der Waals surface area contributed by atoms with Crippen LogP contribution in [0, 0.1) is 52.3 Å². The smallest absolute Gasteiger partial charge is 0.306 e. The first-order chi connectivity index (χ1) is 13.3. The Bertz CT molecular complexity index is 781. The lowest BCUT2D eigenvalue weighted by Crippen LogP contribution is -2.65. The molecule has 0 aromatic heterocycles. The van der Waals surface area contributed by atoms with E-state index in [9.17, 15) is 15.0 Å². The molecule has 0 amide bonds. The molecule has 0 aromatic rings.